The lowest BCUT2D eigenvalue weighted by Gasteiger charge is -2.19. The van der Waals surface area contributed by atoms with Crippen LogP contribution in [-0.2, 0) is 27.2 Å². The maximum atomic E-state index is 11.8. The van der Waals surface area contributed by atoms with Crippen LogP contribution >= 0.6 is 0 Å². The molecule has 1 unspecified atom stereocenters. The molecule has 0 bridgehead atoms. The second kappa shape index (κ2) is 12.5. The first-order valence-electron chi connectivity index (χ1n) is 9.91. The smallest absolute Gasteiger partial charge is 0.306 e. The van der Waals surface area contributed by atoms with E-state index in [1.165, 1.54) is 5.56 Å². The van der Waals surface area contributed by atoms with Crippen molar-refractivity contribution in [3.05, 3.63) is 59.7 Å². The maximum Gasteiger partial charge on any atom is 0.306 e. The fourth-order valence-corrected chi connectivity index (χ4v) is 2.96. The Balaban J connectivity index is 1.94. The molecule has 0 heterocycles. The Morgan fingerprint density at radius 3 is 2.60 bits per heavy atom. The number of aryl methyl sites for hydroxylation is 2. The molecule has 7 nitrogen and oxygen atoms in total. The largest absolute Gasteiger partial charge is 0.497 e. The molecule has 0 saturated heterocycles. The van der Waals surface area contributed by atoms with E-state index in [4.69, 9.17) is 19.3 Å². The van der Waals surface area contributed by atoms with Gasteiger partial charge in [-0.1, -0.05) is 30.3 Å². The van der Waals surface area contributed by atoms with Crippen molar-refractivity contribution in [2.45, 2.75) is 31.8 Å². The van der Waals surface area contributed by atoms with Gasteiger partial charge in [-0.15, -0.1) is 0 Å². The van der Waals surface area contributed by atoms with Crippen LogP contribution in [-0.4, -0.2) is 50.5 Å². The quantitative estimate of drug-likeness (QED) is 0.486. The fraction of sp³-hybridized carbons (Fsp3) is 0.391. The van der Waals surface area contributed by atoms with Crippen LogP contribution in [0.5, 0.6) is 11.5 Å². The zero-order valence-corrected chi connectivity index (χ0v) is 17.4. The van der Waals surface area contributed by atoms with Gasteiger partial charge in [-0.3, -0.25) is 9.59 Å². The number of carbonyl (C=O) groups is 2. The molecule has 2 N–H and O–H groups in total. The highest BCUT2D eigenvalue weighted by atomic mass is 16.6. The number of rotatable bonds is 13. The Morgan fingerprint density at radius 1 is 1.07 bits per heavy atom. The Hall–Kier alpha value is -3.06. The second-order valence-corrected chi connectivity index (χ2v) is 6.83. The lowest BCUT2D eigenvalue weighted by Crippen LogP contribution is -2.34. The minimum Gasteiger partial charge on any atom is -0.497 e. The molecule has 0 aliphatic heterocycles. The van der Waals surface area contributed by atoms with Crippen molar-refractivity contribution in [1.82, 2.24) is 5.32 Å². The van der Waals surface area contributed by atoms with Crippen LogP contribution in [0.15, 0.2) is 48.5 Å². The molecule has 0 aliphatic rings. The number of carbonyl (C=O) groups excluding carboxylic acids is 1. The van der Waals surface area contributed by atoms with Gasteiger partial charge in [0.15, 0.2) is 0 Å². The summed E-state index contributed by atoms with van der Waals surface area (Å²) in [5.41, 5.74) is 2.23. The van der Waals surface area contributed by atoms with E-state index in [0.29, 0.717) is 6.54 Å². The number of hydrogen-bond donors (Lipinski definition) is 2. The van der Waals surface area contributed by atoms with Gasteiger partial charge in [0.1, 0.15) is 24.2 Å². The number of ether oxygens (including phenoxy) is 3. The van der Waals surface area contributed by atoms with Gasteiger partial charge in [0, 0.05) is 6.54 Å². The van der Waals surface area contributed by atoms with Gasteiger partial charge in [0.05, 0.1) is 20.0 Å². The van der Waals surface area contributed by atoms with E-state index in [0.717, 1.165) is 29.9 Å². The monoisotopic (exact) mass is 415 g/mol. The Labute approximate surface area is 177 Å². The maximum absolute atomic E-state index is 11.8. The van der Waals surface area contributed by atoms with Crippen molar-refractivity contribution < 1.29 is 28.9 Å². The van der Waals surface area contributed by atoms with E-state index >= 15 is 0 Å². The predicted octanol–water partition coefficient (Wildman–Crippen LogP) is 2.86. The standard InChI is InChI=1S/C23H29NO6/c1-24-15-20(30-23(27)13-12-22(25)26)16-29-21-9-4-3-7-18(21)11-10-17-6-5-8-19(14-17)28-2/h3-9,14,20,24H,10-13,15-16H2,1-2H3,(H,25,26). The summed E-state index contributed by atoms with van der Waals surface area (Å²) in [4.78, 5) is 22.5. The summed E-state index contributed by atoms with van der Waals surface area (Å²) in [7, 11) is 3.40. The van der Waals surface area contributed by atoms with E-state index in [1.54, 1.807) is 14.2 Å². The van der Waals surface area contributed by atoms with Gasteiger partial charge in [0.25, 0.3) is 0 Å². The van der Waals surface area contributed by atoms with Gasteiger partial charge in [-0.25, -0.2) is 0 Å². The molecule has 0 spiro atoms. The van der Waals surface area contributed by atoms with Crippen LogP contribution in [0.4, 0.5) is 0 Å². The molecular weight excluding hydrogens is 386 g/mol. The highest BCUT2D eigenvalue weighted by molar-refractivity contribution is 5.76. The Morgan fingerprint density at radius 2 is 1.87 bits per heavy atom. The summed E-state index contributed by atoms with van der Waals surface area (Å²) in [6, 6.07) is 15.7. The van der Waals surface area contributed by atoms with Crippen molar-refractivity contribution >= 4 is 11.9 Å². The van der Waals surface area contributed by atoms with Crippen molar-refractivity contribution in [1.29, 1.82) is 0 Å². The number of methoxy groups -OCH3 is 1. The third-order valence-electron chi connectivity index (χ3n) is 4.49. The molecule has 2 aromatic carbocycles. The number of nitrogens with one attached hydrogen (secondary N) is 1. The first-order chi connectivity index (χ1) is 14.5. The SMILES string of the molecule is CNCC(COc1ccccc1CCc1cccc(OC)c1)OC(=O)CCC(=O)O. The normalized spacial score (nSPS) is 11.5. The van der Waals surface area contributed by atoms with Crippen LogP contribution < -0.4 is 14.8 Å². The topological polar surface area (TPSA) is 94.1 Å². The first kappa shape index (κ1) is 23.2. The molecule has 0 radical (unpaired) electrons. The number of benzene rings is 2. The van der Waals surface area contributed by atoms with Crippen LogP contribution in [0, 0.1) is 0 Å². The molecule has 0 fully saturated rings. The van der Waals surface area contributed by atoms with Gasteiger partial charge in [-0.2, -0.15) is 0 Å². The minimum atomic E-state index is -1.03. The number of hydrogen-bond acceptors (Lipinski definition) is 6. The third kappa shape index (κ3) is 8.13. The highest BCUT2D eigenvalue weighted by Crippen LogP contribution is 2.22. The van der Waals surface area contributed by atoms with E-state index in [2.05, 4.69) is 11.4 Å². The van der Waals surface area contributed by atoms with E-state index < -0.39 is 18.0 Å². The Kier molecular flexibility index (Phi) is 9.67. The molecule has 0 amide bonds. The van der Waals surface area contributed by atoms with Crippen LogP contribution in [0.3, 0.4) is 0 Å². The summed E-state index contributed by atoms with van der Waals surface area (Å²) in [5, 5.41) is 11.7. The van der Waals surface area contributed by atoms with Gasteiger partial charge in [-0.05, 0) is 49.2 Å². The van der Waals surface area contributed by atoms with Crippen LogP contribution in [0.1, 0.15) is 24.0 Å². The van der Waals surface area contributed by atoms with Crippen molar-refractivity contribution in [3.63, 3.8) is 0 Å². The summed E-state index contributed by atoms with van der Waals surface area (Å²) in [6.45, 7) is 0.584. The van der Waals surface area contributed by atoms with E-state index in [1.807, 2.05) is 42.5 Å². The fourth-order valence-electron chi connectivity index (χ4n) is 2.96. The molecule has 2 rings (SSSR count). The lowest BCUT2D eigenvalue weighted by molar-refractivity contribution is -0.153. The lowest BCUT2D eigenvalue weighted by atomic mass is 10.0. The van der Waals surface area contributed by atoms with Crippen molar-refractivity contribution in [2.24, 2.45) is 0 Å². The Bertz CT molecular complexity index is 823. The van der Waals surface area contributed by atoms with Gasteiger partial charge >= 0.3 is 11.9 Å². The van der Waals surface area contributed by atoms with Crippen LogP contribution in [0.25, 0.3) is 0 Å². The summed E-state index contributed by atoms with van der Waals surface area (Å²) >= 11 is 0. The first-order valence-corrected chi connectivity index (χ1v) is 9.91. The number of aliphatic carboxylic acids is 1. The average Bonchev–Trinajstić information content (AvgIpc) is 2.75. The van der Waals surface area contributed by atoms with Gasteiger partial charge < -0.3 is 24.6 Å². The predicted molar refractivity (Wildman–Crippen MR) is 113 cm³/mol. The molecule has 162 valence electrons. The zero-order valence-electron chi connectivity index (χ0n) is 17.4. The number of carboxylic acid groups (broad SMARTS) is 1. The number of carboxylic acids is 1. The zero-order chi connectivity index (χ0) is 21.8. The number of para-hydroxylation sites is 1. The molecule has 30 heavy (non-hydrogen) atoms. The molecule has 2 aromatic rings. The van der Waals surface area contributed by atoms with E-state index in [-0.39, 0.29) is 19.4 Å². The minimum absolute atomic E-state index is 0.160. The second-order valence-electron chi connectivity index (χ2n) is 6.83. The molecule has 7 heteroatoms. The van der Waals surface area contributed by atoms with Crippen molar-refractivity contribution in [3.8, 4) is 11.5 Å². The summed E-state index contributed by atoms with van der Waals surface area (Å²) in [6.07, 6.45) is 0.703. The van der Waals surface area contributed by atoms with Gasteiger partial charge in [0.2, 0.25) is 0 Å². The van der Waals surface area contributed by atoms with Crippen molar-refractivity contribution in [2.75, 3.05) is 27.3 Å². The molecule has 0 aliphatic carbocycles. The number of esters is 1. The molecule has 0 saturated carbocycles. The average molecular weight is 415 g/mol. The third-order valence-corrected chi connectivity index (χ3v) is 4.49. The molecule has 1 atom stereocenters. The molecular formula is C23H29NO6. The molecule has 0 aromatic heterocycles. The number of likely N-dealkylation sites (N-methyl/N-ethyl adjacent to an activating group) is 1. The summed E-state index contributed by atoms with van der Waals surface area (Å²) in [5.74, 6) is -0.00868. The van der Waals surface area contributed by atoms with Crippen LogP contribution in [0.2, 0.25) is 0 Å². The van der Waals surface area contributed by atoms with E-state index in [9.17, 15) is 9.59 Å². The summed E-state index contributed by atoms with van der Waals surface area (Å²) < 4.78 is 16.6. The highest BCUT2D eigenvalue weighted by Gasteiger charge is 2.16.